The van der Waals surface area contributed by atoms with Gasteiger partial charge in [-0.3, -0.25) is 14.9 Å². The van der Waals surface area contributed by atoms with Crippen molar-refractivity contribution in [2.45, 2.75) is 4.90 Å². The first kappa shape index (κ1) is 13.8. The van der Waals surface area contributed by atoms with Gasteiger partial charge >= 0.3 is 0 Å². The number of halogens is 1. The minimum Gasteiger partial charge on any atom is -0.353 e. The Kier molecular flexibility index (Phi) is 4.39. The van der Waals surface area contributed by atoms with Crippen molar-refractivity contribution < 1.29 is 9.72 Å². The van der Waals surface area contributed by atoms with Gasteiger partial charge in [-0.15, -0.1) is 11.8 Å². The van der Waals surface area contributed by atoms with E-state index in [1.165, 1.54) is 24.0 Å². The lowest BCUT2D eigenvalue weighted by Gasteiger charge is -2.00. The van der Waals surface area contributed by atoms with Crippen molar-refractivity contribution in [1.82, 2.24) is 4.98 Å². The van der Waals surface area contributed by atoms with E-state index in [1.807, 2.05) is 24.3 Å². The zero-order valence-electron chi connectivity index (χ0n) is 9.63. The lowest BCUT2D eigenvalue weighted by atomic mass is 10.3. The first-order chi connectivity index (χ1) is 9.06. The average molecular weight is 341 g/mol. The molecule has 1 aromatic carbocycles. The summed E-state index contributed by atoms with van der Waals surface area (Å²) in [6.45, 7) is 0. The van der Waals surface area contributed by atoms with Crippen molar-refractivity contribution in [3.05, 3.63) is 56.8 Å². The molecule has 7 heteroatoms. The number of hydrogen-bond donors (Lipinski definition) is 1. The third kappa shape index (κ3) is 3.68. The monoisotopic (exact) mass is 340 g/mol. The number of aromatic amines is 1. The van der Waals surface area contributed by atoms with Crippen molar-refractivity contribution in [3.63, 3.8) is 0 Å². The Bertz CT molecular complexity index is 627. The van der Waals surface area contributed by atoms with Gasteiger partial charge < -0.3 is 4.98 Å². The fourth-order valence-electron chi connectivity index (χ4n) is 1.43. The van der Waals surface area contributed by atoms with Crippen molar-refractivity contribution >= 4 is 39.2 Å². The molecule has 2 aromatic rings. The van der Waals surface area contributed by atoms with Crippen LogP contribution in [0.3, 0.4) is 0 Å². The number of nitrogens with zero attached hydrogens (tertiary/aromatic N) is 1. The molecule has 0 aliphatic rings. The van der Waals surface area contributed by atoms with E-state index in [-0.39, 0.29) is 22.9 Å². The lowest BCUT2D eigenvalue weighted by Crippen LogP contribution is -2.02. The Hall–Kier alpha value is -1.60. The van der Waals surface area contributed by atoms with Crippen LogP contribution in [0.15, 0.2) is 45.9 Å². The van der Waals surface area contributed by atoms with Crippen LogP contribution in [0.2, 0.25) is 0 Å². The van der Waals surface area contributed by atoms with Crippen LogP contribution in [-0.2, 0) is 0 Å². The Labute approximate surface area is 121 Å². The summed E-state index contributed by atoms with van der Waals surface area (Å²) >= 11 is 4.74. The molecule has 1 aromatic heterocycles. The van der Waals surface area contributed by atoms with Crippen LogP contribution in [-0.4, -0.2) is 21.4 Å². The number of Topliss-reactive ketones (excluding diaryl/α,β-unsaturated/α-hetero) is 1. The third-order valence-corrected chi connectivity index (χ3v) is 3.83. The maximum Gasteiger partial charge on any atom is 0.287 e. The lowest BCUT2D eigenvalue weighted by molar-refractivity contribution is -0.384. The molecule has 98 valence electrons. The first-order valence-electron chi connectivity index (χ1n) is 5.30. The number of carbonyl (C=O) groups is 1. The number of benzene rings is 1. The molecule has 0 saturated heterocycles. The van der Waals surface area contributed by atoms with Crippen molar-refractivity contribution in [2.24, 2.45) is 0 Å². The number of thioether (sulfide) groups is 1. The van der Waals surface area contributed by atoms with Gasteiger partial charge in [0.1, 0.15) is 0 Å². The molecule has 0 bridgehead atoms. The Morgan fingerprint density at radius 3 is 2.84 bits per heavy atom. The van der Waals surface area contributed by atoms with Crippen LogP contribution in [0.5, 0.6) is 0 Å². The first-order valence-corrected chi connectivity index (χ1v) is 7.08. The second-order valence-corrected chi connectivity index (χ2v) is 5.66. The zero-order chi connectivity index (χ0) is 13.8. The van der Waals surface area contributed by atoms with Crippen LogP contribution in [0.1, 0.15) is 10.5 Å². The van der Waals surface area contributed by atoms with Gasteiger partial charge in [0.2, 0.25) is 0 Å². The van der Waals surface area contributed by atoms with Crippen LogP contribution in [0.4, 0.5) is 5.69 Å². The highest BCUT2D eigenvalue weighted by Gasteiger charge is 2.14. The fourth-order valence-corrected chi connectivity index (χ4v) is 2.82. The van der Waals surface area contributed by atoms with E-state index in [9.17, 15) is 14.9 Å². The van der Waals surface area contributed by atoms with Gasteiger partial charge in [-0.1, -0.05) is 22.0 Å². The molecule has 1 N–H and O–H groups in total. The van der Waals surface area contributed by atoms with E-state index in [1.54, 1.807) is 0 Å². The topological polar surface area (TPSA) is 76.0 Å². The zero-order valence-corrected chi connectivity index (χ0v) is 12.0. The van der Waals surface area contributed by atoms with Crippen LogP contribution in [0, 0.1) is 10.1 Å². The highest BCUT2D eigenvalue weighted by molar-refractivity contribution is 9.10. The second kappa shape index (κ2) is 6.03. The molecular weight excluding hydrogens is 332 g/mol. The predicted molar refractivity (Wildman–Crippen MR) is 76.6 cm³/mol. The van der Waals surface area contributed by atoms with Crippen LogP contribution >= 0.6 is 27.7 Å². The average Bonchev–Trinajstić information content (AvgIpc) is 2.86. The molecule has 2 rings (SSSR count). The van der Waals surface area contributed by atoms with E-state index in [4.69, 9.17) is 0 Å². The molecule has 0 aliphatic carbocycles. The number of H-pyrrole nitrogens is 1. The van der Waals surface area contributed by atoms with Crippen molar-refractivity contribution in [1.29, 1.82) is 0 Å². The molecule has 19 heavy (non-hydrogen) atoms. The van der Waals surface area contributed by atoms with E-state index >= 15 is 0 Å². The molecule has 0 fully saturated rings. The number of rotatable bonds is 5. The molecular formula is C12H9BrN2O3S. The molecule has 1 heterocycles. The normalized spacial score (nSPS) is 10.4. The number of hydrogen-bond acceptors (Lipinski definition) is 4. The van der Waals surface area contributed by atoms with Gasteiger partial charge in [0, 0.05) is 15.4 Å². The standard InChI is InChI=1S/C12H9BrN2O3S/c13-8-2-1-3-10(4-8)19-7-12(16)11-5-9(6-14-11)15(17)18/h1-6,14H,7H2. The molecule has 0 spiro atoms. The van der Waals surface area contributed by atoms with Gasteiger partial charge in [0.25, 0.3) is 5.69 Å². The Morgan fingerprint density at radius 1 is 1.42 bits per heavy atom. The minimum atomic E-state index is -0.533. The summed E-state index contributed by atoms with van der Waals surface area (Å²) < 4.78 is 0.945. The largest absolute Gasteiger partial charge is 0.353 e. The SMILES string of the molecule is O=C(CSc1cccc(Br)c1)c1cc([N+](=O)[O-])c[nH]1. The maximum atomic E-state index is 11.9. The molecule has 0 aliphatic heterocycles. The highest BCUT2D eigenvalue weighted by atomic mass is 79.9. The summed E-state index contributed by atoms with van der Waals surface area (Å²) in [4.78, 5) is 25.4. The quantitative estimate of drug-likeness (QED) is 0.390. The van der Waals surface area contributed by atoms with Crippen molar-refractivity contribution in [3.8, 4) is 0 Å². The molecule has 0 amide bonds. The van der Waals surface area contributed by atoms with Crippen LogP contribution in [0.25, 0.3) is 0 Å². The van der Waals surface area contributed by atoms with Gasteiger partial charge in [0.05, 0.1) is 22.6 Å². The van der Waals surface area contributed by atoms with Gasteiger partial charge in [-0.05, 0) is 18.2 Å². The summed E-state index contributed by atoms with van der Waals surface area (Å²) in [6, 6.07) is 8.86. The highest BCUT2D eigenvalue weighted by Crippen LogP contribution is 2.23. The summed E-state index contributed by atoms with van der Waals surface area (Å²) in [6.07, 6.45) is 1.22. The Balaban J connectivity index is 1.99. The smallest absolute Gasteiger partial charge is 0.287 e. The molecule has 0 radical (unpaired) electrons. The molecule has 0 unspecified atom stereocenters. The van der Waals surface area contributed by atoms with E-state index in [2.05, 4.69) is 20.9 Å². The number of ketones is 1. The fraction of sp³-hybridized carbons (Fsp3) is 0.0833. The summed E-state index contributed by atoms with van der Waals surface area (Å²) in [7, 11) is 0. The minimum absolute atomic E-state index is 0.101. The third-order valence-electron chi connectivity index (χ3n) is 2.35. The molecule has 0 atom stereocenters. The van der Waals surface area contributed by atoms with Gasteiger partial charge in [0.15, 0.2) is 5.78 Å². The number of nitrogens with one attached hydrogen (secondary N) is 1. The van der Waals surface area contributed by atoms with E-state index < -0.39 is 4.92 Å². The summed E-state index contributed by atoms with van der Waals surface area (Å²) in [5.41, 5.74) is 0.157. The second-order valence-electron chi connectivity index (χ2n) is 3.70. The van der Waals surface area contributed by atoms with Gasteiger partial charge in [-0.2, -0.15) is 0 Å². The summed E-state index contributed by atoms with van der Waals surface area (Å²) in [5, 5.41) is 10.5. The predicted octanol–water partition coefficient (Wildman–Crippen LogP) is 3.66. The summed E-state index contributed by atoms with van der Waals surface area (Å²) in [5.74, 6) is 0.0618. The number of aromatic nitrogens is 1. The van der Waals surface area contributed by atoms with Crippen molar-refractivity contribution in [2.75, 3.05) is 5.75 Å². The molecule has 0 saturated carbocycles. The van der Waals surface area contributed by atoms with E-state index in [0.29, 0.717) is 0 Å². The molecule has 5 nitrogen and oxygen atoms in total. The maximum absolute atomic E-state index is 11.9. The van der Waals surface area contributed by atoms with Gasteiger partial charge in [-0.25, -0.2) is 0 Å². The van der Waals surface area contributed by atoms with Crippen LogP contribution < -0.4 is 0 Å². The number of nitro groups is 1. The Morgan fingerprint density at radius 2 is 2.21 bits per heavy atom. The number of carbonyl (C=O) groups excluding carboxylic acids is 1. The van der Waals surface area contributed by atoms with E-state index in [0.717, 1.165) is 9.37 Å².